The number of fused-ring (bicyclic) bond motifs is 1. The molecule has 0 aliphatic carbocycles. The number of hydrogen-bond acceptors (Lipinski definition) is 3. The Balaban J connectivity index is 1.97. The minimum Gasteiger partial charge on any atom is -0.363 e. The van der Waals surface area contributed by atoms with Gasteiger partial charge in [0.1, 0.15) is 11.6 Å². The van der Waals surface area contributed by atoms with E-state index in [9.17, 15) is 0 Å². The number of aryl methyl sites for hydroxylation is 2. The van der Waals surface area contributed by atoms with Crippen LogP contribution in [-0.2, 0) is 0 Å². The minimum atomic E-state index is 0.184. The van der Waals surface area contributed by atoms with Gasteiger partial charge in [0.25, 0.3) is 0 Å². The molecule has 3 nitrogen and oxygen atoms in total. The van der Waals surface area contributed by atoms with Crippen LogP contribution in [0.4, 0.5) is 5.82 Å². The molecule has 106 valence electrons. The standard InChI is InChI=1S/C18H19N3/c1-12-11-19-14(3)21-18(12)20-13(2)16-10-6-8-15-7-4-5-9-17(15)16/h4-11,13H,1-3H3,(H,19,20,21)/t13-/m1/s1. The maximum atomic E-state index is 4.50. The van der Waals surface area contributed by atoms with Gasteiger partial charge < -0.3 is 5.32 Å². The third-order valence-electron chi connectivity index (χ3n) is 3.74. The van der Waals surface area contributed by atoms with E-state index in [4.69, 9.17) is 0 Å². The van der Waals surface area contributed by atoms with Gasteiger partial charge in [-0.2, -0.15) is 0 Å². The van der Waals surface area contributed by atoms with Crippen LogP contribution in [0.15, 0.2) is 48.7 Å². The monoisotopic (exact) mass is 277 g/mol. The molecule has 3 aromatic rings. The van der Waals surface area contributed by atoms with Crippen molar-refractivity contribution in [2.75, 3.05) is 5.32 Å². The molecular weight excluding hydrogens is 258 g/mol. The first kappa shape index (κ1) is 13.6. The first-order chi connectivity index (χ1) is 10.1. The van der Waals surface area contributed by atoms with Gasteiger partial charge in [0, 0.05) is 11.8 Å². The van der Waals surface area contributed by atoms with Crippen molar-refractivity contribution in [3.05, 3.63) is 65.6 Å². The molecule has 1 aromatic heterocycles. The van der Waals surface area contributed by atoms with Crippen molar-refractivity contribution in [3.8, 4) is 0 Å². The molecule has 21 heavy (non-hydrogen) atoms. The minimum absolute atomic E-state index is 0.184. The van der Waals surface area contributed by atoms with E-state index in [1.807, 2.05) is 20.0 Å². The van der Waals surface area contributed by atoms with Gasteiger partial charge in [0.2, 0.25) is 0 Å². The second-order valence-corrected chi connectivity index (χ2v) is 5.38. The Hall–Kier alpha value is -2.42. The highest BCUT2D eigenvalue weighted by molar-refractivity contribution is 5.86. The highest BCUT2D eigenvalue weighted by atomic mass is 15.0. The molecule has 0 radical (unpaired) electrons. The third-order valence-corrected chi connectivity index (χ3v) is 3.74. The topological polar surface area (TPSA) is 37.8 Å². The van der Waals surface area contributed by atoms with E-state index >= 15 is 0 Å². The number of aromatic nitrogens is 2. The molecule has 0 amide bonds. The molecular formula is C18H19N3. The normalized spacial score (nSPS) is 12.3. The summed E-state index contributed by atoms with van der Waals surface area (Å²) in [6.07, 6.45) is 1.86. The summed E-state index contributed by atoms with van der Waals surface area (Å²) in [6.45, 7) is 6.10. The Morgan fingerprint density at radius 3 is 2.62 bits per heavy atom. The summed E-state index contributed by atoms with van der Waals surface area (Å²) in [6, 6.07) is 15.1. The van der Waals surface area contributed by atoms with Gasteiger partial charge in [0.15, 0.2) is 0 Å². The molecule has 0 aliphatic rings. The predicted molar refractivity (Wildman–Crippen MR) is 87.5 cm³/mol. The molecule has 0 saturated carbocycles. The van der Waals surface area contributed by atoms with Crippen molar-refractivity contribution < 1.29 is 0 Å². The maximum absolute atomic E-state index is 4.50. The van der Waals surface area contributed by atoms with E-state index in [2.05, 4.69) is 64.7 Å². The van der Waals surface area contributed by atoms with E-state index in [-0.39, 0.29) is 6.04 Å². The van der Waals surface area contributed by atoms with Crippen LogP contribution in [0.25, 0.3) is 10.8 Å². The van der Waals surface area contributed by atoms with Crippen molar-refractivity contribution >= 4 is 16.6 Å². The quantitative estimate of drug-likeness (QED) is 0.770. The molecule has 2 aromatic carbocycles. The van der Waals surface area contributed by atoms with Gasteiger partial charge in [0.05, 0.1) is 6.04 Å². The predicted octanol–water partition coefficient (Wildman–Crippen LogP) is 4.42. The smallest absolute Gasteiger partial charge is 0.133 e. The van der Waals surface area contributed by atoms with Crippen LogP contribution in [-0.4, -0.2) is 9.97 Å². The molecule has 0 fully saturated rings. The lowest BCUT2D eigenvalue weighted by Gasteiger charge is -2.18. The van der Waals surface area contributed by atoms with E-state index < -0.39 is 0 Å². The zero-order valence-corrected chi connectivity index (χ0v) is 12.6. The molecule has 0 aliphatic heterocycles. The molecule has 0 unspecified atom stereocenters. The molecule has 1 N–H and O–H groups in total. The van der Waals surface area contributed by atoms with E-state index in [1.54, 1.807) is 0 Å². The van der Waals surface area contributed by atoms with E-state index in [0.717, 1.165) is 17.2 Å². The first-order valence-electron chi connectivity index (χ1n) is 7.19. The number of benzene rings is 2. The molecule has 0 bridgehead atoms. The van der Waals surface area contributed by atoms with E-state index in [0.29, 0.717) is 0 Å². The van der Waals surface area contributed by atoms with Gasteiger partial charge in [-0.25, -0.2) is 9.97 Å². The van der Waals surface area contributed by atoms with Crippen LogP contribution < -0.4 is 5.32 Å². The maximum Gasteiger partial charge on any atom is 0.133 e. The van der Waals surface area contributed by atoms with Gasteiger partial charge in [-0.15, -0.1) is 0 Å². The van der Waals surface area contributed by atoms with Crippen LogP contribution in [0.5, 0.6) is 0 Å². The second kappa shape index (κ2) is 5.52. The number of hydrogen-bond donors (Lipinski definition) is 1. The molecule has 1 heterocycles. The summed E-state index contributed by atoms with van der Waals surface area (Å²) in [5, 5.41) is 6.05. The van der Waals surface area contributed by atoms with Crippen molar-refractivity contribution in [1.29, 1.82) is 0 Å². The molecule has 0 saturated heterocycles. The van der Waals surface area contributed by atoms with Gasteiger partial charge in [-0.3, -0.25) is 0 Å². The summed E-state index contributed by atoms with van der Waals surface area (Å²) in [5.41, 5.74) is 2.34. The van der Waals surface area contributed by atoms with Crippen LogP contribution in [0.1, 0.15) is 29.9 Å². The van der Waals surface area contributed by atoms with Crippen LogP contribution >= 0.6 is 0 Å². The zero-order valence-electron chi connectivity index (χ0n) is 12.6. The number of rotatable bonds is 3. The van der Waals surface area contributed by atoms with Crippen LogP contribution in [0.2, 0.25) is 0 Å². The van der Waals surface area contributed by atoms with E-state index in [1.165, 1.54) is 16.3 Å². The SMILES string of the molecule is Cc1ncc(C)c(N[C@H](C)c2cccc3ccccc23)n1. The summed E-state index contributed by atoms with van der Waals surface area (Å²) in [7, 11) is 0. The summed E-state index contributed by atoms with van der Waals surface area (Å²) in [4.78, 5) is 8.71. The average Bonchev–Trinajstić information content (AvgIpc) is 2.50. The number of nitrogens with one attached hydrogen (secondary N) is 1. The Morgan fingerprint density at radius 1 is 1.00 bits per heavy atom. The Bertz CT molecular complexity index is 775. The van der Waals surface area contributed by atoms with Crippen LogP contribution in [0, 0.1) is 13.8 Å². The summed E-state index contributed by atoms with van der Waals surface area (Å²) < 4.78 is 0. The lowest BCUT2D eigenvalue weighted by atomic mass is 9.99. The first-order valence-corrected chi connectivity index (χ1v) is 7.19. The molecule has 3 heteroatoms. The summed E-state index contributed by atoms with van der Waals surface area (Å²) in [5.74, 6) is 1.69. The van der Waals surface area contributed by atoms with Crippen molar-refractivity contribution in [2.45, 2.75) is 26.8 Å². The third kappa shape index (κ3) is 2.72. The fraction of sp³-hybridized carbons (Fsp3) is 0.222. The second-order valence-electron chi connectivity index (χ2n) is 5.38. The largest absolute Gasteiger partial charge is 0.363 e. The number of anilines is 1. The Labute approximate surface area is 125 Å². The van der Waals surface area contributed by atoms with Crippen molar-refractivity contribution in [3.63, 3.8) is 0 Å². The van der Waals surface area contributed by atoms with Gasteiger partial charge >= 0.3 is 0 Å². The molecule has 0 spiro atoms. The van der Waals surface area contributed by atoms with Gasteiger partial charge in [-0.05, 0) is 37.1 Å². The fourth-order valence-corrected chi connectivity index (χ4v) is 2.59. The molecule has 3 rings (SSSR count). The van der Waals surface area contributed by atoms with Gasteiger partial charge in [-0.1, -0.05) is 42.5 Å². The van der Waals surface area contributed by atoms with Crippen molar-refractivity contribution in [1.82, 2.24) is 9.97 Å². The average molecular weight is 277 g/mol. The summed E-state index contributed by atoms with van der Waals surface area (Å²) >= 11 is 0. The lowest BCUT2D eigenvalue weighted by Crippen LogP contribution is -2.10. The highest BCUT2D eigenvalue weighted by Crippen LogP contribution is 2.27. The van der Waals surface area contributed by atoms with Crippen molar-refractivity contribution in [2.24, 2.45) is 0 Å². The Morgan fingerprint density at radius 2 is 1.76 bits per heavy atom. The fourth-order valence-electron chi connectivity index (χ4n) is 2.59. The highest BCUT2D eigenvalue weighted by Gasteiger charge is 2.11. The lowest BCUT2D eigenvalue weighted by molar-refractivity contribution is 0.870. The Kier molecular flexibility index (Phi) is 3.57. The number of nitrogens with zero attached hydrogens (tertiary/aromatic N) is 2. The van der Waals surface area contributed by atoms with Crippen LogP contribution in [0.3, 0.4) is 0 Å². The zero-order chi connectivity index (χ0) is 14.8. The molecule has 1 atom stereocenters.